The molecule has 0 aliphatic heterocycles. The van der Waals surface area contributed by atoms with Crippen molar-refractivity contribution in [1.82, 2.24) is 4.98 Å². The maximum Gasteiger partial charge on any atom is 0.356 e. The number of rotatable bonds is 3. The molecule has 0 saturated heterocycles. The van der Waals surface area contributed by atoms with Crippen molar-refractivity contribution in [2.24, 2.45) is 0 Å². The Balaban J connectivity index is 2.54. The van der Waals surface area contributed by atoms with Gasteiger partial charge < -0.3 is 4.74 Å². The quantitative estimate of drug-likeness (QED) is 0.635. The molecule has 1 rings (SSSR count). The third-order valence-electron chi connectivity index (χ3n) is 1.26. The predicted molar refractivity (Wildman–Crippen MR) is 43.6 cm³/mol. The summed E-state index contributed by atoms with van der Waals surface area (Å²) < 4.78 is 4.86. The van der Waals surface area contributed by atoms with Gasteiger partial charge in [0, 0.05) is 12.3 Å². The zero-order chi connectivity index (χ0) is 8.81. The highest BCUT2D eigenvalue weighted by atomic mass is 16.5. The highest BCUT2D eigenvalue weighted by Crippen LogP contribution is 1.96. The van der Waals surface area contributed by atoms with Crippen LogP contribution >= 0.6 is 0 Å². The largest absolute Gasteiger partial charge is 0.461 e. The molecule has 0 aromatic carbocycles. The van der Waals surface area contributed by atoms with Crippen LogP contribution in [0.4, 0.5) is 0 Å². The van der Waals surface area contributed by atoms with E-state index in [2.05, 4.69) is 11.1 Å². The van der Waals surface area contributed by atoms with Crippen LogP contribution in [0.1, 0.15) is 23.8 Å². The van der Waals surface area contributed by atoms with Crippen LogP contribution in [0.5, 0.6) is 0 Å². The fraction of sp³-hybridized carbons (Fsp3) is 0.333. The van der Waals surface area contributed by atoms with Crippen LogP contribution in [0.3, 0.4) is 0 Å². The van der Waals surface area contributed by atoms with Crippen LogP contribution in [0.15, 0.2) is 18.3 Å². The fourth-order valence-electron chi connectivity index (χ4n) is 0.709. The summed E-state index contributed by atoms with van der Waals surface area (Å²) in [6.45, 7) is 2.39. The molecule has 1 radical (unpaired) electrons. The number of hydrogen-bond acceptors (Lipinski definition) is 3. The van der Waals surface area contributed by atoms with E-state index >= 15 is 0 Å². The van der Waals surface area contributed by atoms with E-state index in [1.807, 2.05) is 6.92 Å². The molecule has 3 heteroatoms. The van der Waals surface area contributed by atoms with Gasteiger partial charge in [-0.15, -0.1) is 0 Å². The van der Waals surface area contributed by atoms with Crippen LogP contribution in [-0.4, -0.2) is 17.6 Å². The van der Waals surface area contributed by atoms with Crippen molar-refractivity contribution in [3.8, 4) is 0 Å². The third kappa shape index (κ3) is 2.34. The Morgan fingerprint density at radius 3 is 3.17 bits per heavy atom. The van der Waals surface area contributed by atoms with Crippen molar-refractivity contribution in [3.05, 3.63) is 30.1 Å². The lowest BCUT2D eigenvalue weighted by Gasteiger charge is -2.00. The van der Waals surface area contributed by atoms with Gasteiger partial charge in [0.25, 0.3) is 0 Å². The van der Waals surface area contributed by atoms with Crippen LogP contribution < -0.4 is 0 Å². The molecule has 1 aromatic heterocycles. The number of aromatic nitrogens is 1. The fourth-order valence-corrected chi connectivity index (χ4v) is 0.709. The van der Waals surface area contributed by atoms with Crippen LogP contribution in [0, 0.1) is 6.07 Å². The highest BCUT2D eigenvalue weighted by molar-refractivity contribution is 5.86. The minimum Gasteiger partial charge on any atom is -0.461 e. The van der Waals surface area contributed by atoms with E-state index in [4.69, 9.17) is 4.74 Å². The van der Waals surface area contributed by atoms with Gasteiger partial charge in [-0.25, -0.2) is 9.78 Å². The molecule has 3 nitrogen and oxygen atoms in total. The number of hydrogen-bond donors (Lipinski definition) is 0. The van der Waals surface area contributed by atoms with Gasteiger partial charge in [-0.2, -0.15) is 0 Å². The molecule has 0 fully saturated rings. The number of ether oxygens (including phenoxy) is 1. The number of esters is 1. The molecule has 0 atom stereocenters. The first-order chi connectivity index (χ1) is 5.84. The van der Waals surface area contributed by atoms with E-state index in [9.17, 15) is 4.79 Å². The summed E-state index contributed by atoms with van der Waals surface area (Å²) >= 11 is 0. The van der Waals surface area contributed by atoms with E-state index < -0.39 is 0 Å². The van der Waals surface area contributed by atoms with Crippen LogP contribution in [-0.2, 0) is 4.74 Å². The topological polar surface area (TPSA) is 39.2 Å². The summed E-state index contributed by atoms with van der Waals surface area (Å²) in [7, 11) is 0. The van der Waals surface area contributed by atoms with Crippen LogP contribution in [0.2, 0.25) is 0 Å². The van der Waals surface area contributed by atoms with Crippen LogP contribution in [0.25, 0.3) is 0 Å². The Kier molecular flexibility index (Phi) is 3.26. The van der Waals surface area contributed by atoms with Gasteiger partial charge >= 0.3 is 5.97 Å². The second-order valence-electron chi connectivity index (χ2n) is 2.28. The molecule has 0 amide bonds. The lowest BCUT2D eigenvalue weighted by atomic mass is 10.3. The Bertz CT molecular complexity index is 246. The smallest absolute Gasteiger partial charge is 0.356 e. The number of carbonyl (C=O) groups is 1. The molecule has 0 unspecified atom stereocenters. The van der Waals surface area contributed by atoms with E-state index in [1.54, 1.807) is 12.1 Å². The summed E-state index contributed by atoms with van der Waals surface area (Å²) in [5.74, 6) is -0.370. The van der Waals surface area contributed by atoms with Gasteiger partial charge in [0.1, 0.15) is 5.69 Å². The average molecular weight is 164 g/mol. The summed E-state index contributed by atoms with van der Waals surface area (Å²) in [6, 6.07) is 5.94. The van der Waals surface area contributed by atoms with Crippen molar-refractivity contribution >= 4 is 5.97 Å². The third-order valence-corrected chi connectivity index (χ3v) is 1.26. The van der Waals surface area contributed by atoms with Gasteiger partial charge in [0.05, 0.1) is 6.61 Å². The molecule has 0 aliphatic rings. The minimum atomic E-state index is -0.370. The lowest BCUT2D eigenvalue weighted by molar-refractivity contribution is 0.0498. The van der Waals surface area contributed by atoms with Crippen molar-refractivity contribution in [2.75, 3.05) is 6.61 Å². The zero-order valence-corrected chi connectivity index (χ0v) is 6.91. The van der Waals surface area contributed by atoms with E-state index in [-0.39, 0.29) is 5.97 Å². The predicted octanol–water partition coefficient (Wildman–Crippen LogP) is 1.45. The van der Waals surface area contributed by atoms with Gasteiger partial charge in [-0.1, -0.05) is 13.0 Å². The molecular weight excluding hydrogens is 154 g/mol. The Morgan fingerprint density at radius 2 is 2.58 bits per heavy atom. The molecule has 1 aromatic rings. The van der Waals surface area contributed by atoms with Gasteiger partial charge in [0.15, 0.2) is 0 Å². The highest BCUT2D eigenvalue weighted by Gasteiger charge is 2.05. The SMILES string of the molecule is CCCOC(=O)c1cc[c]cn1. The van der Waals surface area contributed by atoms with Gasteiger partial charge in [-0.3, -0.25) is 0 Å². The molecule has 0 bridgehead atoms. The first-order valence-corrected chi connectivity index (χ1v) is 3.84. The second kappa shape index (κ2) is 4.49. The molecule has 0 spiro atoms. The standard InChI is InChI=1S/C9H10NO2/c1-2-7-12-9(11)8-5-3-4-6-10-8/h3,5-6H,2,7H2,1H3. The Morgan fingerprint density at radius 1 is 1.75 bits per heavy atom. The second-order valence-corrected chi connectivity index (χ2v) is 2.28. The average Bonchev–Trinajstić information content (AvgIpc) is 2.15. The molecule has 1 heterocycles. The number of pyridine rings is 1. The lowest BCUT2D eigenvalue weighted by Crippen LogP contribution is -2.07. The van der Waals surface area contributed by atoms with Crippen molar-refractivity contribution in [1.29, 1.82) is 0 Å². The molecule has 0 N–H and O–H groups in total. The number of nitrogens with zero attached hydrogens (tertiary/aromatic N) is 1. The molecule has 63 valence electrons. The van der Waals surface area contributed by atoms with E-state index in [1.165, 1.54) is 6.20 Å². The molecule has 0 saturated carbocycles. The first-order valence-electron chi connectivity index (χ1n) is 3.84. The normalized spacial score (nSPS) is 9.42. The van der Waals surface area contributed by atoms with Crippen molar-refractivity contribution in [2.45, 2.75) is 13.3 Å². The maximum absolute atomic E-state index is 11.1. The molecule has 0 aliphatic carbocycles. The molecule has 12 heavy (non-hydrogen) atoms. The molecular formula is C9H10NO2. The van der Waals surface area contributed by atoms with Crippen molar-refractivity contribution < 1.29 is 9.53 Å². The Labute approximate surface area is 71.4 Å². The summed E-state index contributed by atoms with van der Waals surface area (Å²) in [5.41, 5.74) is 0.335. The summed E-state index contributed by atoms with van der Waals surface area (Å²) in [4.78, 5) is 14.9. The summed E-state index contributed by atoms with van der Waals surface area (Å²) in [5, 5.41) is 0. The monoisotopic (exact) mass is 164 g/mol. The Hall–Kier alpha value is -1.38. The van der Waals surface area contributed by atoms with Gasteiger partial charge in [-0.05, 0) is 12.5 Å². The zero-order valence-electron chi connectivity index (χ0n) is 6.91. The van der Waals surface area contributed by atoms with Gasteiger partial charge in [0.2, 0.25) is 0 Å². The van der Waals surface area contributed by atoms with E-state index in [0.717, 1.165) is 6.42 Å². The van der Waals surface area contributed by atoms with E-state index in [0.29, 0.717) is 12.3 Å². The maximum atomic E-state index is 11.1. The van der Waals surface area contributed by atoms with Crippen molar-refractivity contribution in [3.63, 3.8) is 0 Å². The first kappa shape index (κ1) is 8.71. The number of carbonyl (C=O) groups excluding carboxylic acids is 1. The summed E-state index contributed by atoms with van der Waals surface area (Å²) in [6.07, 6.45) is 2.27. The minimum absolute atomic E-state index is 0.335.